The highest BCUT2D eigenvalue weighted by molar-refractivity contribution is 5.68. The van der Waals surface area contributed by atoms with Crippen molar-refractivity contribution in [2.75, 3.05) is 0 Å². The Morgan fingerprint density at radius 3 is 2.08 bits per heavy atom. The van der Waals surface area contributed by atoms with Crippen LogP contribution in [-0.2, 0) is 17.6 Å². The third-order valence-corrected chi connectivity index (χ3v) is 3.58. The molecule has 0 aliphatic carbocycles. The minimum atomic E-state index is -0.469. The summed E-state index contributed by atoms with van der Waals surface area (Å²) < 4.78 is 5.28. The zero-order chi connectivity index (χ0) is 17.6. The van der Waals surface area contributed by atoms with E-state index in [2.05, 4.69) is 53.8 Å². The predicted molar refractivity (Wildman–Crippen MR) is 98.2 cm³/mol. The van der Waals surface area contributed by atoms with Gasteiger partial charge in [0.25, 0.3) is 0 Å². The minimum absolute atomic E-state index is 0.0276. The summed E-state index contributed by atoms with van der Waals surface area (Å²) in [4.78, 5) is 11.8. The van der Waals surface area contributed by atoms with Gasteiger partial charge in [0.15, 0.2) is 0 Å². The zero-order valence-corrected chi connectivity index (χ0v) is 15.0. The zero-order valence-electron chi connectivity index (χ0n) is 15.0. The molecule has 0 heterocycles. The molecule has 0 bridgehead atoms. The van der Waals surface area contributed by atoms with E-state index in [0.717, 1.165) is 12.8 Å². The van der Waals surface area contributed by atoms with Gasteiger partial charge >= 0.3 is 6.09 Å². The van der Waals surface area contributed by atoms with E-state index < -0.39 is 5.60 Å². The lowest BCUT2D eigenvalue weighted by Crippen LogP contribution is -2.38. The summed E-state index contributed by atoms with van der Waals surface area (Å²) in [6.07, 6.45) is 1.35. The van der Waals surface area contributed by atoms with Gasteiger partial charge in [-0.3, -0.25) is 0 Å². The number of amides is 1. The van der Waals surface area contributed by atoms with Crippen molar-refractivity contribution in [3.8, 4) is 0 Å². The topological polar surface area (TPSA) is 38.3 Å². The number of alkyl carbamates (subject to hydrolysis) is 1. The quantitative estimate of drug-likeness (QED) is 0.863. The lowest BCUT2D eigenvalue weighted by molar-refractivity contribution is 0.0508. The molecule has 3 heteroatoms. The second-order valence-corrected chi connectivity index (χ2v) is 7.23. The molecule has 0 saturated heterocycles. The van der Waals surface area contributed by atoms with E-state index in [9.17, 15) is 4.79 Å². The van der Waals surface area contributed by atoms with Crippen molar-refractivity contribution in [2.45, 2.75) is 52.2 Å². The molecule has 0 radical (unpaired) electrons. The summed E-state index contributed by atoms with van der Waals surface area (Å²) in [7, 11) is 0. The van der Waals surface area contributed by atoms with Crippen molar-refractivity contribution in [1.29, 1.82) is 0 Å². The summed E-state index contributed by atoms with van der Waals surface area (Å²) in [6.45, 7) is 7.58. The highest BCUT2D eigenvalue weighted by atomic mass is 16.6. The largest absolute Gasteiger partial charge is 0.444 e. The molecular weight excluding hydrogens is 298 g/mol. The molecule has 0 spiro atoms. The highest BCUT2D eigenvalue weighted by Gasteiger charge is 2.17. The molecule has 0 unspecified atom stereocenters. The first-order chi connectivity index (χ1) is 11.3. The van der Waals surface area contributed by atoms with Crippen LogP contribution in [-0.4, -0.2) is 17.7 Å². The predicted octanol–water partition coefficient (Wildman–Crippen LogP) is 4.73. The normalized spacial score (nSPS) is 12.5. The molecule has 3 nitrogen and oxygen atoms in total. The van der Waals surface area contributed by atoms with E-state index in [4.69, 9.17) is 4.74 Å². The Morgan fingerprint density at radius 2 is 1.50 bits per heavy atom. The molecule has 0 aliphatic heterocycles. The number of carbonyl (C=O) groups excluding carboxylic acids is 1. The van der Waals surface area contributed by atoms with Gasteiger partial charge in [0.05, 0.1) is 0 Å². The van der Waals surface area contributed by atoms with Crippen LogP contribution in [0.3, 0.4) is 0 Å². The maximum atomic E-state index is 11.8. The van der Waals surface area contributed by atoms with Crippen molar-refractivity contribution in [1.82, 2.24) is 5.32 Å². The molecule has 1 atom stereocenters. The van der Waals surface area contributed by atoms with Crippen molar-refractivity contribution < 1.29 is 9.53 Å². The number of rotatable bonds is 5. The van der Waals surface area contributed by atoms with Gasteiger partial charge in [-0.2, -0.15) is 0 Å². The number of hydrogen-bond acceptors (Lipinski definition) is 2. The molecular formula is C21H27NO2. The number of carbonyl (C=O) groups is 1. The molecule has 2 aromatic carbocycles. The summed E-state index contributed by atoms with van der Waals surface area (Å²) in [5.41, 5.74) is 3.33. The monoisotopic (exact) mass is 325 g/mol. The maximum absolute atomic E-state index is 11.8. The van der Waals surface area contributed by atoms with E-state index in [0.29, 0.717) is 0 Å². The van der Waals surface area contributed by atoms with Crippen molar-refractivity contribution in [2.24, 2.45) is 0 Å². The van der Waals surface area contributed by atoms with Crippen LogP contribution in [0.4, 0.5) is 4.79 Å². The molecule has 128 valence electrons. The number of nitrogens with one attached hydrogen (secondary N) is 1. The lowest BCUT2D eigenvalue weighted by atomic mass is 10.0. The first-order valence-corrected chi connectivity index (χ1v) is 8.43. The van der Waals surface area contributed by atoms with Crippen LogP contribution < -0.4 is 5.32 Å². The minimum Gasteiger partial charge on any atom is -0.444 e. The van der Waals surface area contributed by atoms with Gasteiger partial charge in [-0.05, 0) is 57.2 Å². The fourth-order valence-electron chi connectivity index (χ4n) is 2.54. The van der Waals surface area contributed by atoms with Gasteiger partial charge < -0.3 is 10.1 Å². The molecule has 0 aliphatic rings. The van der Waals surface area contributed by atoms with Crippen LogP contribution in [0.5, 0.6) is 0 Å². The molecule has 1 N–H and O–H groups in total. The van der Waals surface area contributed by atoms with Gasteiger partial charge in [-0.25, -0.2) is 4.79 Å². The van der Waals surface area contributed by atoms with Crippen LogP contribution in [0.25, 0.3) is 0 Å². The van der Waals surface area contributed by atoms with Gasteiger partial charge in [-0.15, -0.1) is 0 Å². The van der Waals surface area contributed by atoms with Gasteiger partial charge in [-0.1, -0.05) is 54.6 Å². The fraction of sp³-hybridized carbons (Fsp3) is 0.381. The van der Waals surface area contributed by atoms with Crippen LogP contribution >= 0.6 is 0 Å². The van der Waals surface area contributed by atoms with Crippen molar-refractivity contribution in [3.05, 3.63) is 71.3 Å². The first kappa shape index (κ1) is 18.1. The Balaban J connectivity index is 1.86. The standard InChI is InChI=1S/C21H27NO2/c1-16(22-20(23)24-21(2,3)4)14-18-10-12-19(13-11-18)15-17-8-6-5-7-9-17/h5-13,16H,14-15H2,1-4H3,(H,22,23)/t16-/m1/s1. The summed E-state index contributed by atoms with van der Waals surface area (Å²) in [6, 6.07) is 19.0. The van der Waals surface area contributed by atoms with E-state index >= 15 is 0 Å². The second-order valence-electron chi connectivity index (χ2n) is 7.23. The van der Waals surface area contributed by atoms with Crippen LogP contribution in [0.1, 0.15) is 44.4 Å². The Hall–Kier alpha value is -2.29. The van der Waals surface area contributed by atoms with Crippen molar-refractivity contribution in [3.63, 3.8) is 0 Å². The van der Waals surface area contributed by atoms with E-state index in [1.807, 2.05) is 33.8 Å². The molecule has 2 aromatic rings. The number of ether oxygens (including phenoxy) is 1. The Labute approximate surface area is 145 Å². The van der Waals surface area contributed by atoms with Gasteiger partial charge in [0.2, 0.25) is 0 Å². The average Bonchev–Trinajstić information content (AvgIpc) is 2.48. The van der Waals surface area contributed by atoms with E-state index in [-0.39, 0.29) is 12.1 Å². The lowest BCUT2D eigenvalue weighted by Gasteiger charge is -2.22. The Bertz CT molecular complexity index is 642. The summed E-state index contributed by atoms with van der Waals surface area (Å²) in [5, 5.41) is 2.88. The maximum Gasteiger partial charge on any atom is 0.407 e. The molecule has 24 heavy (non-hydrogen) atoms. The van der Waals surface area contributed by atoms with Crippen LogP contribution in [0, 0.1) is 0 Å². The molecule has 0 aromatic heterocycles. The summed E-state index contributed by atoms with van der Waals surface area (Å²) >= 11 is 0. The number of hydrogen-bond donors (Lipinski definition) is 1. The van der Waals surface area contributed by atoms with Crippen molar-refractivity contribution >= 4 is 6.09 Å². The highest BCUT2D eigenvalue weighted by Crippen LogP contribution is 2.12. The average molecular weight is 325 g/mol. The SMILES string of the molecule is C[C@H](Cc1ccc(Cc2ccccc2)cc1)NC(=O)OC(C)(C)C. The third kappa shape index (κ3) is 6.45. The van der Waals surface area contributed by atoms with Crippen LogP contribution in [0.2, 0.25) is 0 Å². The fourth-order valence-corrected chi connectivity index (χ4v) is 2.54. The van der Waals surface area contributed by atoms with Gasteiger partial charge in [0.1, 0.15) is 5.60 Å². The first-order valence-electron chi connectivity index (χ1n) is 8.43. The Kier molecular flexibility index (Phi) is 6.02. The molecule has 1 amide bonds. The molecule has 2 rings (SSSR count). The molecule has 0 fully saturated rings. The van der Waals surface area contributed by atoms with Crippen LogP contribution in [0.15, 0.2) is 54.6 Å². The number of benzene rings is 2. The van der Waals surface area contributed by atoms with E-state index in [1.54, 1.807) is 0 Å². The Morgan fingerprint density at radius 1 is 0.958 bits per heavy atom. The van der Waals surface area contributed by atoms with E-state index in [1.165, 1.54) is 16.7 Å². The summed E-state index contributed by atoms with van der Waals surface area (Å²) in [5.74, 6) is 0. The van der Waals surface area contributed by atoms with Gasteiger partial charge in [0, 0.05) is 6.04 Å². The third-order valence-electron chi connectivity index (χ3n) is 3.58. The smallest absolute Gasteiger partial charge is 0.407 e. The second kappa shape index (κ2) is 8.00. The molecule has 0 saturated carbocycles.